The van der Waals surface area contributed by atoms with E-state index in [4.69, 9.17) is 4.74 Å². The normalized spacial score (nSPS) is 10.3. The summed E-state index contributed by atoms with van der Waals surface area (Å²) in [5, 5.41) is 5.39. The molecule has 0 aliphatic carbocycles. The van der Waals surface area contributed by atoms with E-state index in [2.05, 4.69) is 20.6 Å². The molecular formula is C20H21N5O3. The Morgan fingerprint density at radius 2 is 2.00 bits per heavy atom. The van der Waals surface area contributed by atoms with E-state index in [1.807, 2.05) is 24.4 Å². The first-order chi connectivity index (χ1) is 13.6. The van der Waals surface area contributed by atoms with E-state index in [0.29, 0.717) is 12.3 Å². The van der Waals surface area contributed by atoms with Crippen molar-refractivity contribution >= 4 is 11.8 Å². The van der Waals surface area contributed by atoms with E-state index < -0.39 is 0 Å². The number of nitrogens with zero attached hydrogens (tertiary/aromatic N) is 3. The topological polar surface area (TPSA) is 98.1 Å². The molecule has 3 aromatic rings. The molecule has 8 heteroatoms. The Balaban J connectivity index is 1.53. The molecule has 0 unspecified atom stereocenters. The Bertz CT molecular complexity index is 941. The van der Waals surface area contributed by atoms with Gasteiger partial charge in [0.1, 0.15) is 17.9 Å². The van der Waals surface area contributed by atoms with E-state index in [1.165, 1.54) is 0 Å². The van der Waals surface area contributed by atoms with Crippen molar-refractivity contribution in [3.05, 3.63) is 72.4 Å². The molecule has 144 valence electrons. The van der Waals surface area contributed by atoms with E-state index in [-0.39, 0.29) is 24.8 Å². The second-order valence-corrected chi connectivity index (χ2v) is 6.06. The first-order valence-corrected chi connectivity index (χ1v) is 8.76. The summed E-state index contributed by atoms with van der Waals surface area (Å²) < 4.78 is 7.20. The van der Waals surface area contributed by atoms with Crippen molar-refractivity contribution < 1.29 is 14.3 Å². The van der Waals surface area contributed by atoms with E-state index in [9.17, 15) is 9.59 Å². The van der Waals surface area contributed by atoms with Crippen LogP contribution in [0.15, 0.2) is 61.3 Å². The average molecular weight is 379 g/mol. The molecule has 0 spiro atoms. The number of carbonyl (C=O) groups is 2. The van der Waals surface area contributed by atoms with Gasteiger partial charge < -0.3 is 15.4 Å². The zero-order chi connectivity index (χ0) is 19.8. The van der Waals surface area contributed by atoms with Crippen LogP contribution in [-0.4, -0.2) is 40.0 Å². The highest BCUT2D eigenvalue weighted by molar-refractivity contribution is 5.79. The maximum atomic E-state index is 12.3. The molecule has 2 aromatic heterocycles. The highest BCUT2D eigenvalue weighted by Gasteiger charge is 2.07. The molecule has 2 amide bonds. The summed E-state index contributed by atoms with van der Waals surface area (Å²) in [6.45, 7) is 0.337. The number of benzene rings is 1. The van der Waals surface area contributed by atoms with Gasteiger partial charge in [-0.3, -0.25) is 14.2 Å². The Morgan fingerprint density at radius 3 is 2.79 bits per heavy atom. The number of likely N-dealkylation sites (N-methyl/N-ethyl adjacent to an activating group) is 1. The second-order valence-electron chi connectivity index (χ2n) is 6.06. The van der Waals surface area contributed by atoms with Crippen LogP contribution in [0.25, 0.3) is 5.82 Å². The molecule has 8 nitrogen and oxygen atoms in total. The summed E-state index contributed by atoms with van der Waals surface area (Å²) in [4.78, 5) is 31.8. The lowest BCUT2D eigenvalue weighted by atomic mass is 10.1. The van der Waals surface area contributed by atoms with Gasteiger partial charge in [0.2, 0.25) is 5.91 Å². The number of nitrogens with one attached hydrogen (secondary N) is 2. The molecule has 0 bridgehead atoms. The molecule has 28 heavy (non-hydrogen) atoms. The van der Waals surface area contributed by atoms with Crippen LogP contribution in [0.5, 0.6) is 5.75 Å². The van der Waals surface area contributed by atoms with Crippen LogP contribution < -0.4 is 15.4 Å². The Hall–Kier alpha value is -3.68. The van der Waals surface area contributed by atoms with Crippen molar-refractivity contribution in [1.29, 1.82) is 0 Å². The zero-order valence-electron chi connectivity index (χ0n) is 15.5. The molecule has 3 rings (SSSR count). The molecule has 0 aliphatic heterocycles. The SMILES string of the molecule is CNC(=O)COc1cccc(CC(=O)NCc2ccnc(-n3ccnc3)c2)c1. The zero-order valence-corrected chi connectivity index (χ0v) is 15.5. The van der Waals surface area contributed by atoms with Crippen LogP contribution >= 0.6 is 0 Å². The van der Waals surface area contributed by atoms with Gasteiger partial charge in [-0.25, -0.2) is 9.97 Å². The summed E-state index contributed by atoms with van der Waals surface area (Å²) in [5.74, 6) is 0.971. The number of amides is 2. The molecule has 0 aliphatic rings. The molecule has 0 radical (unpaired) electrons. The molecule has 2 N–H and O–H groups in total. The lowest BCUT2D eigenvalue weighted by Crippen LogP contribution is -2.25. The predicted molar refractivity (Wildman–Crippen MR) is 103 cm³/mol. The smallest absolute Gasteiger partial charge is 0.257 e. The minimum absolute atomic E-state index is 0.0621. The van der Waals surface area contributed by atoms with Crippen molar-refractivity contribution in [3.63, 3.8) is 0 Å². The van der Waals surface area contributed by atoms with Crippen LogP contribution in [0.1, 0.15) is 11.1 Å². The lowest BCUT2D eigenvalue weighted by molar-refractivity contribution is -0.122. The van der Waals surface area contributed by atoms with Gasteiger partial charge in [-0.2, -0.15) is 0 Å². The second kappa shape index (κ2) is 9.31. The molecule has 0 saturated heterocycles. The summed E-state index contributed by atoms with van der Waals surface area (Å²) in [6, 6.07) is 10.9. The van der Waals surface area contributed by atoms with Gasteiger partial charge in [-0.1, -0.05) is 12.1 Å². The van der Waals surface area contributed by atoms with Gasteiger partial charge in [0.15, 0.2) is 6.61 Å². The fourth-order valence-corrected chi connectivity index (χ4v) is 2.52. The van der Waals surface area contributed by atoms with Gasteiger partial charge in [-0.15, -0.1) is 0 Å². The van der Waals surface area contributed by atoms with Gasteiger partial charge in [0.05, 0.1) is 6.42 Å². The Labute approximate surface area is 162 Å². The number of rotatable bonds is 8. The number of hydrogen-bond donors (Lipinski definition) is 2. The summed E-state index contributed by atoms with van der Waals surface area (Å²) >= 11 is 0. The van der Waals surface area contributed by atoms with Crippen molar-refractivity contribution in [2.75, 3.05) is 13.7 Å². The summed E-state index contributed by atoms with van der Waals surface area (Å²) in [5.41, 5.74) is 1.75. The number of pyridine rings is 1. The van der Waals surface area contributed by atoms with E-state index in [1.54, 1.807) is 48.5 Å². The predicted octanol–water partition coefficient (Wildman–Crippen LogP) is 1.25. The van der Waals surface area contributed by atoms with Crippen LogP contribution in [0.3, 0.4) is 0 Å². The maximum absolute atomic E-state index is 12.3. The molecule has 0 saturated carbocycles. The average Bonchev–Trinajstić information content (AvgIpc) is 3.26. The van der Waals surface area contributed by atoms with Crippen molar-refractivity contribution in [2.24, 2.45) is 0 Å². The first-order valence-electron chi connectivity index (χ1n) is 8.76. The fourth-order valence-electron chi connectivity index (χ4n) is 2.52. The largest absolute Gasteiger partial charge is 0.484 e. The third-order valence-electron chi connectivity index (χ3n) is 3.98. The molecule has 2 heterocycles. The van der Waals surface area contributed by atoms with Crippen LogP contribution in [0.2, 0.25) is 0 Å². The van der Waals surface area contributed by atoms with Gasteiger partial charge in [0.25, 0.3) is 5.91 Å². The van der Waals surface area contributed by atoms with Crippen LogP contribution in [0, 0.1) is 0 Å². The highest BCUT2D eigenvalue weighted by Crippen LogP contribution is 2.14. The standard InChI is InChI=1S/C20H21N5O3/c1-21-20(27)13-28-17-4-2-3-15(9-17)11-19(26)24-12-16-5-6-23-18(10-16)25-8-7-22-14-25/h2-10,14H,11-13H2,1H3,(H,21,27)(H,24,26). The maximum Gasteiger partial charge on any atom is 0.257 e. The Morgan fingerprint density at radius 1 is 1.11 bits per heavy atom. The summed E-state index contributed by atoms with van der Waals surface area (Å²) in [6.07, 6.45) is 7.08. The molecule has 0 fully saturated rings. The highest BCUT2D eigenvalue weighted by atomic mass is 16.5. The van der Waals surface area contributed by atoms with Crippen molar-refractivity contribution in [3.8, 4) is 11.6 Å². The minimum Gasteiger partial charge on any atom is -0.484 e. The third-order valence-corrected chi connectivity index (χ3v) is 3.98. The van der Waals surface area contributed by atoms with Gasteiger partial charge in [0, 0.05) is 32.2 Å². The number of hydrogen-bond acceptors (Lipinski definition) is 5. The van der Waals surface area contributed by atoms with E-state index in [0.717, 1.165) is 16.9 Å². The Kier molecular flexibility index (Phi) is 6.35. The van der Waals surface area contributed by atoms with Crippen molar-refractivity contribution in [1.82, 2.24) is 25.2 Å². The fraction of sp³-hybridized carbons (Fsp3) is 0.200. The summed E-state index contributed by atoms with van der Waals surface area (Å²) in [7, 11) is 1.55. The number of aromatic nitrogens is 3. The monoisotopic (exact) mass is 379 g/mol. The lowest BCUT2D eigenvalue weighted by Gasteiger charge is -2.09. The van der Waals surface area contributed by atoms with Gasteiger partial charge >= 0.3 is 0 Å². The molecular weight excluding hydrogens is 358 g/mol. The first kappa shape index (κ1) is 19.1. The molecule has 0 atom stereocenters. The van der Waals surface area contributed by atoms with Crippen molar-refractivity contribution in [2.45, 2.75) is 13.0 Å². The quantitative estimate of drug-likeness (QED) is 0.614. The number of carbonyl (C=O) groups excluding carboxylic acids is 2. The van der Waals surface area contributed by atoms with E-state index >= 15 is 0 Å². The van der Waals surface area contributed by atoms with Crippen LogP contribution in [-0.2, 0) is 22.6 Å². The molecule has 1 aromatic carbocycles. The number of ether oxygens (including phenoxy) is 1. The third kappa shape index (κ3) is 5.41. The number of imidazole rings is 1. The van der Waals surface area contributed by atoms with Crippen LogP contribution in [0.4, 0.5) is 0 Å². The van der Waals surface area contributed by atoms with Gasteiger partial charge in [-0.05, 0) is 35.4 Å². The minimum atomic E-state index is -0.212.